The number of carbonyl (C=O) groups excluding carboxylic acids is 2. The summed E-state index contributed by atoms with van der Waals surface area (Å²) in [5, 5.41) is 9.99. The summed E-state index contributed by atoms with van der Waals surface area (Å²) in [5.74, 6) is 0.312. The van der Waals surface area contributed by atoms with Crippen molar-refractivity contribution in [2.45, 2.75) is 11.6 Å². The number of benzene rings is 3. The van der Waals surface area contributed by atoms with E-state index < -0.39 is 0 Å². The fraction of sp³-hybridized carbons (Fsp3) is 0.0833. The zero-order valence-electron chi connectivity index (χ0n) is 16.8. The molecule has 2 heterocycles. The highest BCUT2D eigenvalue weighted by Crippen LogP contribution is 2.29. The van der Waals surface area contributed by atoms with Gasteiger partial charge in [0.05, 0.1) is 17.0 Å². The number of aromatic nitrogens is 3. The summed E-state index contributed by atoms with van der Waals surface area (Å²) in [6.45, 7) is 0. The predicted molar refractivity (Wildman–Crippen MR) is 123 cm³/mol. The molecule has 1 aliphatic heterocycles. The Labute approximate surface area is 193 Å². The quantitative estimate of drug-likeness (QED) is 0.303. The zero-order chi connectivity index (χ0) is 22.1. The lowest BCUT2D eigenvalue weighted by Crippen LogP contribution is -2.29. The first-order valence-electron chi connectivity index (χ1n) is 9.94. The third-order valence-corrected chi connectivity index (χ3v) is 6.35. The van der Waals surface area contributed by atoms with Crippen LogP contribution in [0, 0.1) is 0 Å². The predicted octanol–water partition coefficient (Wildman–Crippen LogP) is 4.86. The van der Waals surface area contributed by atoms with E-state index in [1.54, 1.807) is 24.3 Å². The maximum absolute atomic E-state index is 12.7. The average Bonchev–Trinajstić information content (AvgIpc) is 3.32. The van der Waals surface area contributed by atoms with Crippen molar-refractivity contribution in [1.82, 2.24) is 19.7 Å². The van der Waals surface area contributed by atoms with Crippen molar-refractivity contribution in [3.63, 3.8) is 0 Å². The van der Waals surface area contributed by atoms with E-state index >= 15 is 0 Å². The van der Waals surface area contributed by atoms with E-state index in [0.717, 1.165) is 17.1 Å². The highest BCUT2D eigenvalue weighted by Gasteiger charge is 2.35. The van der Waals surface area contributed by atoms with Gasteiger partial charge in [-0.15, -0.1) is 10.2 Å². The minimum absolute atomic E-state index is 0.142. The third kappa shape index (κ3) is 3.81. The molecule has 1 aromatic heterocycles. The average molecular weight is 461 g/mol. The van der Waals surface area contributed by atoms with Crippen LogP contribution in [0.15, 0.2) is 84.0 Å². The van der Waals surface area contributed by atoms with Gasteiger partial charge in [0.25, 0.3) is 11.8 Å². The molecule has 8 heteroatoms. The molecule has 0 saturated heterocycles. The first-order valence-corrected chi connectivity index (χ1v) is 11.3. The van der Waals surface area contributed by atoms with Crippen LogP contribution in [0.2, 0.25) is 5.02 Å². The number of nitrogens with zero attached hydrogens (tertiary/aromatic N) is 4. The van der Waals surface area contributed by atoms with Crippen molar-refractivity contribution >= 4 is 35.2 Å². The van der Waals surface area contributed by atoms with Crippen LogP contribution in [-0.4, -0.2) is 37.4 Å². The van der Waals surface area contributed by atoms with Crippen LogP contribution in [0.3, 0.4) is 0 Å². The number of thioether (sulfide) groups is 1. The van der Waals surface area contributed by atoms with Crippen LogP contribution < -0.4 is 0 Å². The molecule has 5 rings (SSSR count). The van der Waals surface area contributed by atoms with Crippen LogP contribution in [0.5, 0.6) is 0 Å². The lowest BCUT2D eigenvalue weighted by molar-refractivity contribution is 0.0684. The van der Waals surface area contributed by atoms with Gasteiger partial charge in [-0.05, 0) is 42.0 Å². The number of imide groups is 1. The van der Waals surface area contributed by atoms with E-state index in [2.05, 4.69) is 10.2 Å². The fourth-order valence-corrected chi connectivity index (χ4v) is 4.66. The number of fused-ring (bicyclic) bond motifs is 1. The van der Waals surface area contributed by atoms with Crippen molar-refractivity contribution < 1.29 is 9.59 Å². The molecule has 0 unspecified atom stereocenters. The fourth-order valence-electron chi connectivity index (χ4n) is 3.61. The van der Waals surface area contributed by atoms with Crippen LogP contribution >= 0.6 is 23.4 Å². The number of hydrogen-bond donors (Lipinski definition) is 0. The Morgan fingerprint density at radius 3 is 2.06 bits per heavy atom. The van der Waals surface area contributed by atoms with E-state index in [1.165, 1.54) is 16.7 Å². The van der Waals surface area contributed by atoms with Crippen LogP contribution in [0.1, 0.15) is 32.1 Å². The van der Waals surface area contributed by atoms with E-state index in [0.29, 0.717) is 27.7 Å². The number of amides is 2. The second-order valence-electron chi connectivity index (χ2n) is 7.23. The van der Waals surface area contributed by atoms with Gasteiger partial charge in [-0.2, -0.15) is 0 Å². The van der Waals surface area contributed by atoms with Gasteiger partial charge < -0.3 is 0 Å². The summed E-state index contributed by atoms with van der Waals surface area (Å²) in [5.41, 5.74) is 2.83. The van der Waals surface area contributed by atoms with Gasteiger partial charge in [0, 0.05) is 17.1 Å². The molecule has 1 aliphatic rings. The summed E-state index contributed by atoms with van der Waals surface area (Å²) >= 11 is 7.37. The molecule has 6 nitrogen and oxygen atoms in total. The Morgan fingerprint density at radius 2 is 1.41 bits per heavy atom. The Hall–Kier alpha value is -3.42. The van der Waals surface area contributed by atoms with Gasteiger partial charge in [0.15, 0.2) is 5.16 Å². The SMILES string of the molecule is O=C1c2ccccc2C(=O)N1CSc1nnc(Cc2ccccc2)n1-c1ccc(Cl)cc1. The summed E-state index contributed by atoms with van der Waals surface area (Å²) < 4.78 is 1.94. The Balaban J connectivity index is 1.44. The molecule has 0 atom stereocenters. The maximum atomic E-state index is 12.7. The molecule has 0 N–H and O–H groups in total. The Kier molecular flexibility index (Phi) is 5.51. The molecular weight excluding hydrogens is 444 g/mol. The minimum Gasteiger partial charge on any atom is -0.274 e. The molecule has 0 radical (unpaired) electrons. The normalized spacial score (nSPS) is 13.0. The highest BCUT2D eigenvalue weighted by molar-refractivity contribution is 7.99. The zero-order valence-corrected chi connectivity index (χ0v) is 18.4. The van der Waals surface area contributed by atoms with Crippen LogP contribution in [0.25, 0.3) is 5.69 Å². The van der Waals surface area contributed by atoms with Crippen molar-refractivity contribution in [3.05, 3.63) is 106 Å². The smallest absolute Gasteiger partial charge is 0.262 e. The first kappa shape index (κ1) is 20.5. The highest BCUT2D eigenvalue weighted by atomic mass is 35.5. The van der Waals surface area contributed by atoms with Gasteiger partial charge in [-0.3, -0.25) is 19.1 Å². The molecule has 32 heavy (non-hydrogen) atoms. The van der Waals surface area contributed by atoms with Crippen LogP contribution in [0.4, 0.5) is 0 Å². The van der Waals surface area contributed by atoms with E-state index in [4.69, 9.17) is 11.6 Å². The van der Waals surface area contributed by atoms with Gasteiger partial charge in [0.2, 0.25) is 0 Å². The standard InChI is InChI=1S/C24H17ClN4O2S/c25-17-10-12-18(13-11-17)29-21(14-16-6-2-1-3-7-16)26-27-24(29)32-15-28-22(30)19-8-4-5-9-20(19)23(28)31/h1-13H,14-15H2. The van der Waals surface area contributed by atoms with E-state index in [9.17, 15) is 9.59 Å². The molecule has 0 fully saturated rings. The van der Waals surface area contributed by atoms with Crippen molar-refractivity contribution in [3.8, 4) is 5.69 Å². The van der Waals surface area contributed by atoms with Gasteiger partial charge in [-0.1, -0.05) is 65.8 Å². The Morgan fingerprint density at radius 1 is 0.781 bits per heavy atom. The van der Waals surface area contributed by atoms with E-state index in [1.807, 2.05) is 59.2 Å². The van der Waals surface area contributed by atoms with Gasteiger partial charge in [0.1, 0.15) is 5.82 Å². The minimum atomic E-state index is -0.292. The lowest BCUT2D eigenvalue weighted by atomic mass is 10.1. The van der Waals surface area contributed by atoms with Crippen molar-refractivity contribution in [2.75, 3.05) is 5.88 Å². The molecule has 158 valence electrons. The van der Waals surface area contributed by atoms with Crippen molar-refractivity contribution in [2.24, 2.45) is 0 Å². The Bertz CT molecular complexity index is 1270. The molecule has 0 spiro atoms. The first-order chi connectivity index (χ1) is 15.6. The third-order valence-electron chi connectivity index (χ3n) is 5.19. The summed E-state index contributed by atoms with van der Waals surface area (Å²) in [6, 6.07) is 24.3. The summed E-state index contributed by atoms with van der Waals surface area (Å²) in [6.07, 6.45) is 0.587. The second kappa shape index (κ2) is 8.61. The van der Waals surface area contributed by atoms with Crippen molar-refractivity contribution in [1.29, 1.82) is 0 Å². The van der Waals surface area contributed by atoms with Crippen LogP contribution in [-0.2, 0) is 6.42 Å². The number of hydrogen-bond acceptors (Lipinski definition) is 5. The molecule has 0 bridgehead atoms. The second-order valence-corrected chi connectivity index (χ2v) is 8.58. The number of carbonyl (C=O) groups is 2. The monoisotopic (exact) mass is 460 g/mol. The number of rotatable bonds is 6. The molecule has 0 saturated carbocycles. The topological polar surface area (TPSA) is 68.1 Å². The summed E-state index contributed by atoms with van der Waals surface area (Å²) in [7, 11) is 0. The largest absolute Gasteiger partial charge is 0.274 e. The van der Waals surface area contributed by atoms with Gasteiger partial charge >= 0.3 is 0 Å². The molecule has 4 aromatic rings. The molecule has 2 amide bonds. The maximum Gasteiger partial charge on any atom is 0.262 e. The van der Waals surface area contributed by atoms with Gasteiger partial charge in [-0.25, -0.2) is 0 Å². The molecule has 3 aromatic carbocycles. The summed E-state index contributed by atoms with van der Waals surface area (Å²) in [4.78, 5) is 26.6. The van der Waals surface area contributed by atoms with E-state index in [-0.39, 0.29) is 17.7 Å². The number of halogens is 1. The molecule has 0 aliphatic carbocycles. The lowest BCUT2D eigenvalue weighted by Gasteiger charge is -2.14. The molecular formula is C24H17ClN4O2S.